The zero-order valence-electron chi connectivity index (χ0n) is 13.7. The molecule has 1 aliphatic heterocycles. The Hall–Kier alpha value is -1.76. The lowest BCUT2D eigenvalue weighted by molar-refractivity contribution is 0.417. The van der Waals surface area contributed by atoms with Gasteiger partial charge in [0.2, 0.25) is 0 Å². The van der Waals surface area contributed by atoms with Gasteiger partial charge in [-0.2, -0.15) is 0 Å². The van der Waals surface area contributed by atoms with Gasteiger partial charge in [0.15, 0.2) is 0 Å². The maximum Gasteiger partial charge on any atom is 0.131 e. The molecule has 1 unspecified atom stereocenters. The predicted molar refractivity (Wildman–Crippen MR) is 88.5 cm³/mol. The van der Waals surface area contributed by atoms with Crippen molar-refractivity contribution in [3.05, 3.63) is 58.7 Å². The van der Waals surface area contributed by atoms with Crippen LogP contribution >= 0.6 is 0 Å². The standard InChI is InChI=1S/C20H24O/c1-6-14(3)15-8-10-18-17(12-15)20(4,5)16-9-7-13(2)11-19(16)21-18/h7-12,14H,6H2,1-5H3. The van der Waals surface area contributed by atoms with E-state index in [0.717, 1.165) is 17.9 Å². The molecule has 3 rings (SSSR count). The Morgan fingerprint density at radius 2 is 1.76 bits per heavy atom. The van der Waals surface area contributed by atoms with E-state index in [1.165, 1.54) is 22.3 Å². The van der Waals surface area contributed by atoms with Crippen LogP contribution < -0.4 is 4.74 Å². The molecule has 1 atom stereocenters. The molecule has 2 aromatic rings. The summed E-state index contributed by atoms with van der Waals surface area (Å²) in [5, 5.41) is 0. The third kappa shape index (κ3) is 2.25. The molecule has 21 heavy (non-hydrogen) atoms. The molecule has 1 nitrogen and oxygen atoms in total. The SMILES string of the molecule is CCC(C)c1ccc2c(c1)C(C)(C)c1ccc(C)cc1O2. The molecule has 110 valence electrons. The zero-order chi connectivity index (χ0) is 15.2. The number of hydrogen-bond donors (Lipinski definition) is 0. The topological polar surface area (TPSA) is 9.23 Å². The minimum Gasteiger partial charge on any atom is -0.457 e. The summed E-state index contributed by atoms with van der Waals surface area (Å²) in [6.45, 7) is 11.2. The van der Waals surface area contributed by atoms with Crippen LogP contribution in [0.15, 0.2) is 36.4 Å². The highest BCUT2D eigenvalue weighted by Gasteiger charge is 2.34. The van der Waals surface area contributed by atoms with Crippen molar-refractivity contribution >= 4 is 0 Å². The molecule has 1 heteroatoms. The molecule has 0 aromatic heterocycles. The van der Waals surface area contributed by atoms with E-state index in [1.54, 1.807) is 0 Å². The average molecular weight is 280 g/mol. The Balaban J connectivity index is 2.15. The molecule has 1 aliphatic rings. The summed E-state index contributed by atoms with van der Waals surface area (Å²) in [7, 11) is 0. The van der Waals surface area contributed by atoms with Crippen LogP contribution in [0.2, 0.25) is 0 Å². The molecule has 0 radical (unpaired) electrons. The molecule has 0 fully saturated rings. The fraction of sp³-hybridized carbons (Fsp3) is 0.400. The molecule has 0 aliphatic carbocycles. The van der Waals surface area contributed by atoms with Gasteiger partial charge in [0.05, 0.1) is 0 Å². The number of ether oxygens (including phenoxy) is 1. The summed E-state index contributed by atoms with van der Waals surface area (Å²) in [4.78, 5) is 0. The largest absolute Gasteiger partial charge is 0.457 e. The third-order valence-electron chi connectivity index (χ3n) is 4.89. The molecule has 1 heterocycles. The monoisotopic (exact) mass is 280 g/mol. The van der Waals surface area contributed by atoms with Gasteiger partial charge in [0.25, 0.3) is 0 Å². The van der Waals surface area contributed by atoms with Crippen LogP contribution in [0.4, 0.5) is 0 Å². The second-order valence-corrected chi connectivity index (χ2v) is 6.79. The molecule has 0 saturated heterocycles. The summed E-state index contributed by atoms with van der Waals surface area (Å²) < 4.78 is 6.16. The van der Waals surface area contributed by atoms with Crippen LogP contribution in [-0.4, -0.2) is 0 Å². The van der Waals surface area contributed by atoms with Crippen molar-refractivity contribution in [1.82, 2.24) is 0 Å². The molecule has 0 amide bonds. The fourth-order valence-electron chi connectivity index (χ4n) is 3.16. The third-order valence-corrected chi connectivity index (χ3v) is 4.89. The van der Waals surface area contributed by atoms with E-state index in [9.17, 15) is 0 Å². The number of fused-ring (bicyclic) bond motifs is 2. The van der Waals surface area contributed by atoms with Gasteiger partial charge in [0, 0.05) is 16.5 Å². The first-order chi connectivity index (χ1) is 9.93. The quantitative estimate of drug-likeness (QED) is 0.661. The summed E-state index contributed by atoms with van der Waals surface area (Å²) in [6, 6.07) is 13.2. The van der Waals surface area contributed by atoms with E-state index < -0.39 is 0 Å². The van der Waals surface area contributed by atoms with Gasteiger partial charge < -0.3 is 4.74 Å². The van der Waals surface area contributed by atoms with Crippen LogP contribution in [0.3, 0.4) is 0 Å². The van der Waals surface area contributed by atoms with Crippen molar-refractivity contribution in [2.24, 2.45) is 0 Å². The highest BCUT2D eigenvalue weighted by molar-refractivity contribution is 5.58. The summed E-state index contributed by atoms with van der Waals surface area (Å²) >= 11 is 0. The van der Waals surface area contributed by atoms with E-state index in [4.69, 9.17) is 4.74 Å². The number of benzene rings is 2. The summed E-state index contributed by atoms with van der Waals surface area (Å²) in [5.41, 5.74) is 5.21. The van der Waals surface area contributed by atoms with Crippen LogP contribution in [0.5, 0.6) is 11.5 Å². The van der Waals surface area contributed by atoms with Crippen molar-refractivity contribution in [3.8, 4) is 11.5 Å². The Labute approximate surface area is 128 Å². The molecular weight excluding hydrogens is 256 g/mol. The molecule has 0 bridgehead atoms. The summed E-state index contributed by atoms with van der Waals surface area (Å²) in [6.07, 6.45) is 1.16. The Morgan fingerprint density at radius 1 is 1.00 bits per heavy atom. The van der Waals surface area contributed by atoms with Crippen molar-refractivity contribution in [2.75, 3.05) is 0 Å². The first kappa shape index (κ1) is 14.2. The molecule has 0 spiro atoms. The highest BCUT2D eigenvalue weighted by atomic mass is 16.5. The molecule has 0 saturated carbocycles. The first-order valence-electron chi connectivity index (χ1n) is 7.87. The number of rotatable bonds is 2. The predicted octanol–water partition coefficient (Wildman–Crippen LogP) is 5.94. The lowest BCUT2D eigenvalue weighted by Gasteiger charge is -2.35. The van der Waals surface area contributed by atoms with Gasteiger partial charge in [-0.25, -0.2) is 0 Å². The summed E-state index contributed by atoms with van der Waals surface area (Å²) in [5.74, 6) is 2.60. The van der Waals surface area contributed by atoms with Crippen LogP contribution in [0, 0.1) is 6.92 Å². The van der Waals surface area contributed by atoms with Crippen LogP contribution in [0.25, 0.3) is 0 Å². The zero-order valence-corrected chi connectivity index (χ0v) is 13.7. The smallest absolute Gasteiger partial charge is 0.131 e. The molecule has 0 N–H and O–H groups in total. The van der Waals surface area contributed by atoms with E-state index in [1.807, 2.05) is 0 Å². The lowest BCUT2D eigenvalue weighted by atomic mass is 9.74. The minimum atomic E-state index is -0.0138. The van der Waals surface area contributed by atoms with Gasteiger partial charge in [-0.3, -0.25) is 0 Å². The maximum absolute atomic E-state index is 6.16. The van der Waals surface area contributed by atoms with Gasteiger partial charge in [-0.05, 0) is 42.5 Å². The molecular formula is C20H24O. The second-order valence-electron chi connectivity index (χ2n) is 6.79. The minimum absolute atomic E-state index is 0.0138. The Morgan fingerprint density at radius 3 is 2.48 bits per heavy atom. The van der Waals surface area contributed by atoms with Crippen molar-refractivity contribution in [3.63, 3.8) is 0 Å². The fourth-order valence-corrected chi connectivity index (χ4v) is 3.16. The molecule has 2 aromatic carbocycles. The van der Waals surface area contributed by atoms with Crippen LogP contribution in [-0.2, 0) is 5.41 Å². The normalized spacial score (nSPS) is 16.6. The number of aryl methyl sites for hydroxylation is 1. The highest BCUT2D eigenvalue weighted by Crippen LogP contribution is 2.48. The van der Waals surface area contributed by atoms with E-state index >= 15 is 0 Å². The van der Waals surface area contributed by atoms with Gasteiger partial charge >= 0.3 is 0 Å². The van der Waals surface area contributed by atoms with Crippen LogP contribution in [0.1, 0.15) is 62.3 Å². The van der Waals surface area contributed by atoms with E-state index in [0.29, 0.717) is 5.92 Å². The Kier molecular flexibility index (Phi) is 3.32. The van der Waals surface area contributed by atoms with Gasteiger partial charge in [-0.1, -0.05) is 52.0 Å². The number of hydrogen-bond acceptors (Lipinski definition) is 1. The van der Waals surface area contributed by atoms with Crippen molar-refractivity contribution < 1.29 is 4.74 Å². The van der Waals surface area contributed by atoms with E-state index in [2.05, 4.69) is 71.0 Å². The van der Waals surface area contributed by atoms with Gasteiger partial charge in [0.1, 0.15) is 11.5 Å². The lowest BCUT2D eigenvalue weighted by Crippen LogP contribution is -2.24. The van der Waals surface area contributed by atoms with Crippen molar-refractivity contribution in [2.45, 2.75) is 52.4 Å². The second kappa shape index (κ2) is 4.91. The van der Waals surface area contributed by atoms with E-state index in [-0.39, 0.29) is 5.41 Å². The van der Waals surface area contributed by atoms with Crippen molar-refractivity contribution in [1.29, 1.82) is 0 Å². The average Bonchev–Trinajstić information content (AvgIpc) is 2.45. The van der Waals surface area contributed by atoms with Gasteiger partial charge in [-0.15, -0.1) is 0 Å². The first-order valence-corrected chi connectivity index (χ1v) is 7.87. The Bertz CT molecular complexity index is 682. The maximum atomic E-state index is 6.16.